The van der Waals surface area contributed by atoms with E-state index < -0.39 is 0 Å². The summed E-state index contributed by atoms with van der Waals surface area (Å²) < 4.78 is 12.7. The summed E-state index contributed by atoms with van der Waals surface area (Å²) in [4.78, 5) is 18.9. The van der Waals surface area contributed by atoms with E-state index in [1.54, 1.807) is 18.2 Å². The van der Waals surface area contributed by atoms with E-state index in [1.807, 2.05) is 17.7 Å². The van der Waals surface area contributed by atoms with Gasteiger partial charge in [-0.3, -0.25) is 4.79 Å². The summed E-state index contributed by atoms with van der Waals surface area (Å²) in [6.07, 6.45) is 2.05. The molecule has 0 radical (unpaired) electrons. The van der Waals surface area contributed by atoms with Gasteiger partial charge in [-0.2, -0.15) is 4.99 Å². The molecule has 1 aromatic heterocycles. The average molecular weight is 397 g/mol. The van der Waals surface area contributed by atoms with Gasteiger partial charge in [-0.15, -0.1) is 11.3 Å². The molecule has 2 rings (SSSR count). The van der Waals surface area contributed by atoms with E-state index in [0.717, 1.165) is 4.88 Å². The zero-order valence-electron chi connectivity index (χ0n) is 15.8. The van der Waals surface area contributed by atoms with Gasteiger partial charge in [-0.1, -0.05) is 32.4 Å². The lowest BCUT2D eigenvalue weighted by atomic mass is 9.95. The Balaban J connectivity index is 2.46. The summed E-state index contributed by atoms with van der Waals surface area (Å²) in [5.74, 6) is 0.0773. The van der Waals surface area contributed by atoms with E-state index in [0.29, 0.717) is 40.9 Å². The highest BCUT2D eigenvalue weighted by atomic mass is 35.5. The second-order valence-corrected chi connectivity index (χ2v) is 8.23. The first-order valence-corrected chi connectivity index (χ1v) is 9.66. The fourth-order valence-electron chi connectivity index (χ4n) is 2.28. The molecule has 0 bridgehead atoms. The molecular weight excluding hydrogens is 372 g/mol. The number of aromatic nitrogens is 1. The van der Waals surface area contributed by atoms with Crippen molar-refractivity contribution in [2.75, 3.05) is 20.3 Å². The quantitative estimate of drug-likeness (QED) is 0.684. The van der Waals surface area contributed by atoms with E-state index >= 15 is 0 Å². The molecule has 0 aliphatic carbocycles. The standard InChI is InChI=1S/C19H25ClN2O3S/c1-6-25-10-9-22-12-16(19(2,3)4)26-18(22)21-17(23)14-11-13(20)7-8-15(14)24-5/h7-8,11-12H,6,9-10H2,1-5H3. The number of hydrogen-bond donors (Lipinski definition) is 0. The molecular formula is C19H25ClN2O3S. The van der Waals surface area contributed by atoms with Gasteiger partial charge in [0.05, 0.1) is 19.3 Å². The molecule has 2 aromatic rings. The van der Waals surface area contributed by atoms with Gasteiger partial charge in [-0.25, -0.2) is 0 Å². The van der Waals surface area contributed by atoms with Crippen molar-refractivity contribution in [1.29, 1.82) is 0 Å². The maximum atomic E-state index is 12.7. The third kappa shape index (κ3) is 5.19. The molecule has 7 heteroatoms. The first-order chi connectivity index (χ1) is 12.3. The monoisotopic (exact) mass is 396 g/mol. The number of carbonyl (C=O) groups is 1. The van der Waals surface area contributed by atoms with E-state index in [9.17, 15) is 4.79 Å². The van der Waals surface area contributed by atoms with Crippen LogP contribution in [0.5, 0.6) is 5.75 Å². The summed E-state index contributed by atoms with van der Waals surface area (Å²) in [5, 5.41) is 0.468. The molecule has 0 unspecified atom stereocenters. The molecule has 1 amide bonds. The number of hydrogen-bond acceptors (Lipinski definition) is 4. The average Bonchev–Trinajstić information content (AvgIpc) is 2.98. The number of halogens is 1. The van der Waals surface area contributed by atoms with Crippen LogP contribution in [0.3, 0.4) is 0 Å². The van der Waals surface area contributed by atoms with E-state index in [1.165, 1.54) is 18.4 Å². The Kier molecular flexibility index (Phi) is 7.03. The minimum absolute atomic E-state index is 0.0252. The first-order valence-electron chi connectivity index (χ1n) is 8.47. The third-order valence-electron chi connectivity index (χ3n) is 3.73. The number of nitrogens with zero attached hydrogens (tertiary/aromatic N) is 2. The topological polar surface area (TPSA) is 52.8 Å². The molecule has 1 heterocycles. The second kappa shape index (κ2) is 8.84. The van der Waals surface area contributed by atoms with Gasteiger partial charge in [0, 0.05) is 29.2 Å². The summed E-state index contributed by atoms with van der Waals surface area (Å²) in [5.41, 5.74) is 0.324. The van der Waals surface area contributed by atoms with Crippen molar-refractivity contribution < 1.29 is 14.3 Å². The van der Waals surface area contributed by atoms with Gasteiger partial charge in [0.15, 0.2) is 4.80 Å². The Bertz CT molecular complexity index is 834. The Labute approximate surface area is 163 Å². The molecule has 142 valence electrons. The lowest BCUT2D eigenvalue weighted by molar-refractivity contribution is 0.0993. The molecule has 0 atom stereocenters. The molecule has 26 heavy (non-hydrogen) atoms. The first kappa shape index (κ1) is 20.7. The van der Waals surface area contributed by atoms with E-state index in [-0.39, 0.29) is 11.3 Å². The summed E-state index contributed by atoms with van der Waals surface area (Å²) in [6.45, 7) is 10.2. The predicted molar refractivity (Wildman–Crippen MR) is 105 cm³/mol. The number of rotatable bonds is 6. The van der Waals surface area contributed by atoms with Gasteiger partial charge in [0.2, 0.25) is 0 Å². The van der Waals surface area contributed by atoms with E-state index in [2.05, 4.69) is 25.8 Å². The maximum Gasteiger partial charge on any atom is 0.283 e. The van der Waals surface area contributed by atoms with Crippen LogP contribution in [0.25, 0.3) is 0 Å². The van der Waals surface area contributed by atoms with Crippen molar-refractivity contribution in [2.24, 2.45) is 4.99 Å². The van der Waals surface area contributed by atoms with Crippen LogP contribution < -0.4 is 9.54 Å². The van der Waals surface area contributed by atoms with Crippen LogP contribution in [0.15, 0.2) is 29.4 Å². The van der Waals surface area contributed by atoms with Crippen molar-refractivity contribution in [2.45, 2.75) is 39.7 Å². The predicted octanol–water partition coefficient (Wildman–Crippen LogP) is 4.29. The largest absolute Gasteiger partial charge is 0.496 e. The molecule has 0 spiro atoms. The van der Waals surface area contributed by atoms with Crippen molar-refractivity contribution in [3.63, 3.8) is 0 Å². The molecule has 0 saturated heterocycles. The van der Waals surface area contributed by atoms with Gasteiger partial charge < -0.3 is 14.0 Å². The van der Waals surface area contributed by atoms with Crippen molar-refractivity contribution in [3.05, 3.63) is 44.7 Å². The third-order valence-corrected chi connectivity index (χ3v) is 5.41. The normalized spacial score (nSPS) is 12.5. The number of thiazole rings is 1. The smallest absolute Gasteiger partial charge is 0.283 e. The number of benzene rings is 1. The zero-order chi connectivity index (χ0) is 19.3. The van der Waals surface area contributed by atoms with Crippen LogP contribution >= 0.6 is 22.9 Å². The number of ether oxygens (including phenoxy) is 2. The minimum atomic E-state index is -0.378. The molecule has 0 aliphatic heterocycles. The van der Waals surface area contributed by atoms with Crippen molar-refractivity contribution in [3.8, 4) is 5.75 Å². The summed E-state index contributed by atoms with van der Waals surface area (Å²) in [6, 6.07) is 4.93. The Morgan fingerprint density at radius 1 is 1.35 bits per heavy atom. The lowest BCUT2D eigenvalue weighted by Gasteiger charge is -2.14. The Morgan fingerprint density at radius 3 is 2.69 bits per heavy atom. The fraction of sp³-hybridized carbons (Fsp3) is 0.474. The summed E-state index contributed by atoms with van der Waals surface area (Å²) in [7, 11) is 1.52. The van der Waals surface area contributed by atoms with Crippen molar-refractivity contribution in [1.82, 2.24) is 4.57 Å². The van der Waals surface area contributed by atoms with Gasteiger partial charge >= 0.3 is 0 Å². The Morgan fingerprint density at radius 2 is 2.08 bits per heavy atom. The second-order valence-electron chi connectivity index (χ2n) is 6.78. The van der Waals surface area contributed by atoms with E-state index in [4.69, 9.17) is 21.1 Å². The molecule has 1 aromatic carbocycles. The highest BCUT2D eigenvalue weighted by Gasteiger charge is 2.19. The molecule has 0 saturated carbocycles. The maximum absolute atomic E-state index is 12.7. The SMILES string of the molecule is CCOCCn1cc(C(C)(C)C)sc1=NC(=O)c1cc(Cl)ccc1OC. The van der Waals surface area contributed by atoms with Gasteiger partial charge in [-0.05, 0) is 30.5 Å². The molecule has 0 N–H and O–H groups in total. The number of carbonyl (C=O) groups excluding carboxylic acids is 1. The minimum Gasteiger partial charge on any atom is -0.496 e. The highest BCUT2D eigenvalue weighted by molar-refractivity contribution is 7.09. The fourth-order valence-corrected chi connectivity index (χ4v) is 3.52. The van der Waals surface area contributed by atoms with Crippen LogP contribution in [-0.2, 0) is 16.7 Å². The molecule has 0 fully saturated rings. The number of methoxy groups -OCH3 is 1. The van der Waals surface area contributed by atoms with Crippen LogP contribution in [0.1, 0.15) is 42.9 Å². The molecule has 0 aliphatic rings. The van der Waals surface area contributed by atoms with Crippen LogP contribution in [-0.4, -0.2) is 30.8 Å². The van der Waals surface area contributed by atoms with Crippen LogP contribution in [0.4, 0.5) is 0 Å². The van der Waals surface area contributed by atoms with Gasteiger partial charge in [0.1, 0.15) is 5.75 Å². The van der Waals surface area contributed by atoms with Crippen molar-refractivity contribution >= 4 is 28.8 Å². The van der Waals surface area contributed by atoms with Gasteiger partial charge in [0.25, 0.3) is 5.91 Å². The highest BCUT2D eigenvalue weighted by Crippen LogP contribution is 2.25. The number of amides is 1. The lowest BCUT2D eigenvalue weighted by Crippen LogP contribution is -2.19. The zero-order valence-corrected chi connectivity index (χ0v) is 17.4. The van der Waals surface area contributed by atoms with Crippen LogP contribution in [0.2, 0.25) is 5.02 Å². The summed E-state index contributed by atoms with van der Waals surface area (Å²) >= 11 is 7.54. The Hall–Kier alpha value is -1.63. The molecule has 5 nitrogen and oxygen atoms in total. The van der Waals surface area contributed by atoms with Crippen LogP contribution in [0, 0.1) is 0 Å².